The third-order valence-corrected chi connectivity index (χ3v) is 3.41. The number of aromatic hydroxyl groups is 2. The first-order valence-corrected chi connectivity index (χ1v) is 8.60. The summed E-state index contributed by atoms with van der Waals surface area (Å²) >= 11 is 0. The Morgan fingerprint density at radius 3 is 1.21 bits per heavy atom. The molecule has 0 bridgehead atoms. The third kappa shape index (κ3) is 7.08. The maximum absolute atomic E-state index is 10.3. The minimum Gasteiger partial charge on any atom is -0.508 e. The lowest BCUT2D eigenvalue weighted by Gasteiger charge is -2.26. The Hall–Kier alpha value is -1.96. The molecule has 0 aliphatic rings. The molecule has 0 atom stereocenters. The number of rotatable bonds is 0. The molecule has 0 heterocycles. The van der Waals surface area contributed by atoms with Crippen LogP contribution in [0.3, 0.4) is 0 Å². The average molecular weight is 331 g/mol. The van der Waals surface area contributed by atoms with Gasteiger partial charge in [-0.05, 0) is 34.1 Å². The van der Waals surface area contributed by atoms with E-state index < -0.39 is 0 Å². The summed E-state index contributed by atoms with van der Waals surface area (Å²) in [5.41, 5.74) is 2.03. The summed E-state index contributed by atoms with van der Waals surface area (Å²) in [6, 6.07) is 14.8. The highest BCUT2D eigenvalue weighted by Crippen LogP contribution is 2.38. The maximum Gasteiger partial charge on any atom is 0.123 e. The van der Waals surface area contributed by atoms with Gasteiger partial charge in [-0.25, -0.2) is 0 Å². The molecule has 24 heavy (non-hydrogen) atoms. The molecule has 0 aromatic heterocycles. The molecule has 0 saturated heterocycles. The maximum atomic E-state index is 10.3. The van der Waals surface area contributed by atoms with Crippen LogP contribution in [0.2, 0.25) is 0 Å². The number of phenols is 2. The lowest BCUT2D eigenvalue weighted by atomic mass is 9.80. The van der Waals surface area contributed by atoms with Gasteiger partial charge in [-0.2, -0.15) is 0 Å². The Balaban J connectivity index is 0.000000488. The van der Waals surface area contributed by atoms with Crippen molar-refractivity contribution < 1.29 is 10.2 Å². The molecule has 0 radical (unpaired) electrons. The van der Waals surface area contributed by atoms with E-state index >= 15 is 0 Å². The molecular formula is C22H34O2. The van der Waals surface area contributed by atoms with Gasteiger partial charge in [0.25, 0.3) is 0 Å². The van der Waals surface area contributed by atoms with Crippen LogP contribution < -0.4 is 0 Å². The first-order valence-electron chi connectivity index (χ1n) is 8.60. The summed E-state index contributed by atoms with van der Waals surface area (Å²) in [5, 5.41) is 18.9. The summed E-state index contributed by atoms with van der Waals surface area (Å²) in [6.07, 6.45) is 0. The standard InChI is InChI=1S/C14H22O.C6H6O.C2H6/c1-13(2,3)10-8-7-9-11(12(10)15)14(4,5)6;7-6-4-2-1-3-5-6;1-2/h7-9,15H,1-6H3;1-5,7H;1-2H3. The zero-order chi connectivity index (χ0) is 19.0. The molecule has 0 aliphatic heterocycles. The Morgan fingerprint density at radius 2 is 0.958 bits per heavy atom. The predicted octanol–water partition coefficient (Wildman–Crippen LogP) is 6.41. The van der Waals surface area contributed by atoms with E-state index in [9.17, 15) is 5.11 Å². The smallest absolute Gasteiger partial charge is 0.123 e. The van der Waals surface area contributed by atoms with E-state index in [1.54, 1.807) is 24.3 Å². The SMILES string of the molecule is CC.CC(C)(C)c1cccc(C(C)(C)C)c1O.Oc1ccccc1. The summed E-state index contributed by atoms with van der Waals surface area (Å²) in [6.45, 7) is 16.7. The van der Waals surface area contributed by atoms with Crippen molar-refractivity contribution in [3.05, 3.63) is 59.7 Å². The van der Waals surface area contributed by atoms with Gasteiger partial charge >= 0.3 is 0 Å². The van der Waals surface area contributed by atoms with E-state index in [1.165, 1.54) is 0 Å². The van der Waals surface area contributed by atoms with Gasteiger partial charge in [-0.3, -0.25) is 0 Å². The molecule has 0 aliphatic carbocycles. The molecule has 134 valence electrons. The van der Waals surface area contributed by atoms with Crippen LogP contribution in [0.1, 0.15) is 66.5 Å². The van der Waals surface area contributed by atoms with Gasteiger partial charge in [0.2, 0.25) is 0 Å². The molecular weight excluding hydrogens is 296 g/mol. The van der Waals surface area contributed by atoms with E-state index in [-0.39, 0.29) is 10.8 Å². The van der Waals surface area contributed by atoms with Gasteiger partial charge in [0, 0.05) is 0 Å². The van der Waals surface area contributed by atoms with Gasteiger partial charge in [0.05, 0.1) is 0 Å². The highest BCUT2D eigenvalue weighted by Gasteiger charge is 2.24. The number of para-hydroxylation sites is 2. The van der Waals surface area contributed by atoms with Crippen molar-refractivity contribution in [3.8, 4) is 11.5 Å². The average Bonchev–Trinajstić information content (AvgIpc) is 2.48. The molecule has 0 saturated carbocycles. The summed E-state index contributed by atoms with van der Waals surface area (Å²) in [7, 11) is 0. The van der Waals surface area contributed by atoms with Gasteiger partial charge in [0.15, 0.2) is 0 Å². The van der Waals surface area contributed by atoms with Crippen molar-refractivity contribution in [2.45, 2.75) is 66.2 Å². The van der Waals surface area contributed by atoms with Crippen LogP contribution in [0.15, 0.2) is 48.5 Å². The summed E-state index contributed by atoms with van der Waals surface area (Å²) in [5.74, 6) is 0.778. The Morgan fingerprint density at radius 1 is 0.583 bits per heavy atom. The van der Waals surface area contributed by atoms with Crippen LogP contribution in [0.4, 0.5) is 0 Å². The van der Waals surface area contributed by atoms with Gasteiger partial charge in [0.1, 0.15) is 11.5 Å². The lowest BCUT2D eigenvalue weighted by Crippen LogP contribution is -2.16. The van der Waals surface area contributed by atoms with Crippen LogP contribution in [0.5, 0.6) is 11.5 Å². The minimum absolute atomic E-state index is 0.00859. The molecule has 2 rings (SSSR count). The van der Waals surface area contributed by atoms with Crippen molar-refractivity contribution in [1.29, 1.82) is 0 Å². The normalized spacial score (nSPS) is 10.8. The first kappa shape index (κ1) is 22.0. The molecule has 0 amide bonds. The van der Waals surface area contributed by atoms with E-state index in [0.717, 1.165) is 11.1 Å². The van der Waals surface area contributed by atoms with Crippen molar-refractivity contribution >= 4 is 0 Å². The topological polar surface area (TPSA) is 40.5 Å². The fourth-order valence-electron chi connectivity index (χ4n) is 2.18. The minimum atomic E-state index is -0.00859. The molecule has 2 N–H and O–H groups in total. The van der Waals surface area contributed by atoms with Crippen LogP contribution in [0.25, 0.3) is 0 Å². The molecule has 2 aromatic rings. The van der Waals surface area contributed by atoms with Gasteiger partial charge in [-0.15, -0.1) is 0 Å². The summed E-state index contributed by atoms with van der Waals surface area (Å²) in [4.78, 5) is 0. The predicted molar refractivity (Wildman–Crippen MR) is 105 cm³/mol. The number of hydrogen-bond acceptors (Lipinski definition) is 2. The fourth-order valence-corrected chi connectivity index (χ4v) is 2.18. The van der Waals surface area contributed by atoms with Crippen molar-refractivity contribution in [2.75, 3.05) is 0 Å². The zero-order valence-electron chi connectivity index (χ0n) is 16.5. The van der Waals surface area contributed by atoms with E-state index in [1.807, 2.05) is 38.1 Å². The van der Waals surface area contributed by atoms with Crippen molar-refractivity contribution in [3.63, 3.8) is 0 Å². The van der Waals surface area contributed by atoms with Gasteiger partial charge < -0.3 is 10.2 Å². The number of benzene rings is 2. The van der Waals surface area contributed by atoms with Crippen LogP contribution in [-0.2, 0) is 10.8 Å². The Bertz CT molecular complexity index is 555. The number of phenolic OH excluding ortho intramolecular Hbond substituents is 2. The third-order valence-electron chi connectivity index (χ3n) is 3.41. The second kappa shape index (κ2) is 9.36. The van der Waals surface area contributed by atoms with E-state index in [4.69, 9.17) is 5.11 Å². The summed E-state index contributed by atoms with van der Waals surface area (Å²) < 4.78 is 0. The number of hydrogen-bond donors (Lipinski definition) is 2. The zero-order valence-corrected chi connectivity index (χ0v) is 16.5. The second-order valence-electron chi connectivity index (χ2n) is 7.54. The van der Waals surface area contributed by atoms with Gasteiger partial charge in [-0.1, -0.05) is 91.8 Å². The quantitative estimate of drug-likeness (QED) is 0.586. The first-order chi connectivity index (χ1) is 11.0. The molecule has 2 heteroatoms. The largest absolute Gasteiger partial charge is 0.508 e. The van der Waals surface area contributed by atoms with E-state index in [2.05, 4.69) is 41.5 Å². The highest BCUT2D eigenvalue weighted by atomic mass is 16.3. The molecule has 2 aromatic carbocycles. The van der Waals surface area contributed by atoms with Crippen LogP contribution in [-0.4, -0.2) is 10.2 Å². The second-order valence-corrected chi connectivity index (χ2v) is 7.54. The Labute approximate surface area is 148 Å². The fraction of sp³-hybridized carbons (Fsp3) is 0.455. The molecule has 2 nitrogen and oxygen atoms in total. The molecule has 0 fully saturated rings. The van der Waals surface area contributed by atoms with Crippen LogP contribution >= 0.6 is 0 Å². The molecule has 0 unspecified atom stereocenters. The molecule has 0 spiro atoms. The van der Waals surface area contributed by atoms with Crippen molar-refractivity contribution in [2.24, 2.45) is 0 Å². The van der Waals surface area contributed by atoms with Crippen molar-refractivity contribution in [1.82, 2.24) is 0 Å². The highest BCUT2D eigenvalue weighted by molar-refractivity contribution is 5.46. The lowest BCUT2D eigenvalue weighted by molar-refractivity contribution is 0.423. The van der Waals surface area contributed by atoms with E-state index in [0.29, 0.717) is 11.5 Å². The monoisotopic (exact) mass is 330 g/mol. The Kier molecular flexibility index (Phi) is 8.60. The van der Waals surface area contributed by atoms with Crippen LogP contribution in [0, 0.1) is 0 Å².